The summed E-state index contributed by atoms with van der Waals surface area (Å²) in [7, 11) is -3.48. The molecule has 0 saturated heterocycles. The summed E-state index contributed by atoms with van der Waals surface area (Å²) in [6.45, 7) is -0.0393. The molecule has 1 aromatic carbocycles. The number of unbranched alkanes of at least 4 members (excludes halogenated alkanes) is 1. The second-order valence-corrected chi connectivity index (χ2v) is 6.18. The highest BCUT2D eigenvalue weighted by Gasteiger charge is 2.11. The molecule has 0 fully saturated rings. The van der Waals surface area contributed by atoms with Gasteiger partial charge >= 0.3 is 0 Å². The average molecular weight is 326 g/mol. The summed E-state index contributed by atoms with van der Waals surface area (Å²) in [6.07, 6.45) is 0.792. The smallest absolute Gasteiger partial charge is 0.232 e. The third kappa shape index (κ3) is 5.01. The Hall–Kier alpha value is -0.660. The summed E-state index contributed by atoms with van der Waals surface area (Å²) in [5, 5.41) is 8.55. The Kier molecular flexibility index (Phi) is 5.35. The second-order valence-electron chi connectivity index (χ2n) is 3.48. The Balaban J connectivity index is 2.66. The molecular weight excluding hydrogens is 313 g/mol. The number of rotatable bonds is 6. The van der Waals surface area contributed by atoms with Gasteiger partial charge in [-0.25, -0.2) is 12.8 Å². The lowest BCUT2D eigenvalue weighted by Gasteiger charge is -2.08. The Morgan fingerprint density at radius 3 is 2.65 bits per heavy atom. The van der Waals surface area contributed by atoms with Crippen LogP contribution in [0.3, 0.4) is 0 Å². The van der Waals surface area contributed by atoms with Crippen molar-refractivity contribution in [3.63, 3.8) is 0 Å². The molecule has 0 atom stereocenters. The fraction of sp³-hybridized carbons (Fsp3) is 0.400. The van der Waals surface area contributed by atoms with E-state index in [4.69, 9.17) is 5.11 Å². The first kappa shape index (κ1) is 14.4. The number of sulfonamides is 1. The lowest BCUT2D eigenvalue weighted by Crippen LogP contribution is -2.17. The van der Waals surface area contributed by atoms with Gasteiger partial charge in [-0.05, 0) is 47.0 Å². The van der Waals surface area contributed by atoms with Crippen LogP contribution in [0.4, 0.5) is 10.1 Å². The van der Waals surface area contributed by atoms with Gasteiger partial charge in [-0.3, -0.25) is 4.72 Å². The first-order valence-electron chi connectivity index (χ1n) is 5.01. The Morgan fingerprint density at radius 1 is 1.35 bits per heavy atom. The molecule has 0 aliphatic carbocycles. The van der Waals surface area contributed by atoms with Gasteiger partial charge in [-0.2, -0.15) is 0 Å². The van der Waals surface area contributed by atoms with Crippen molar-refractivity contribution >= 4 is 31.6 Å². The first-order valence-corrected chi connectivity index (χ1v) is 7.45. The Bertz CT molecular complexity index is 478. The molecule has 1 rings (SSSR count). The number of nitrogens with one attached hydrogen (secondary N) is 1. The normalized spacial score (nSPS) is 11.5. The van der Waals surface area contributed by atoms with Gasteiger partial charge in [-0.1, -0.05) is 0 Å². The van der Waals surface area contributed by atoms with Crippen molar-refractivity contribution in [2.24, 2.45) is 0 Å². The van der Waals surface area contributed by atoms with E-state index in [-0.39, 0.29) is 22.5 Å². The topological polar surface area (TPSA) is 66.4 Å². The molecule has 0 amide bonds. The van der Waals surface area contributed by atoms with Gasteiger partial charge in [0.05, 0.1) is 15.9 Å². The van der Waals surface area contributed by atoms with E-state index in [0.717, 1.165) is 6.07 Å². The summed E-state index contributed by atoms with van der Waals surface area (Å²) in [5.74, 6) is -0.619. The molecule has 0 aliphatic rings. The summed E-state index contributed by atoms with van der Waals surface area (Å²) in [6, 6.07) is 4.01. The number of aliphatic hydroxyl groups is 1. The molecule has 7 heteroatoms. The number of benzene rings is 1. The fourth-order valence-corrected chi connectivity index (χ4v) is 2.61. The second kappa shape index (κ2) is 6.32. The van der Waals surface area contributed by atoms with Crippen molar-refractivity contribution < 1.29 is 17.9 Å². The van der Waals surface area contributed by atoms with Crippen LogP contribution in [0.15, 0.2) is 22.7 Å². The molecule has 0 spiro atoms. The molecule has 4 nitrogen and oxygen atoms in total. The van der Waals surface area contributed by atoms with E-state index in [1.165, 1.54) is 12.1 Å². The first-order chi connectivity index (χ1) is 7.94. The van der Waals surface area contributed by atoms with Crippen LogP contribution >= 0.6 is 15.9 Å². The van der Waals surface area contributed by atoms with Crippen molar-refractivity contribution in [3.05, 3.63) is 28.5 Å². The van der Waals surface area contributed by atoms with E-state index < -0.39 is 15.8 Å². The monoisotopic (exact) mass is 325 g/mol. The van der Waals surface area contributed by atoms with Crippen LogP contribution in [-0.4, -0.2) is 25.9 Å². The average Bonchev–Trinajstić information content (AvgIpc) is 2.23. The van der Waals surface area contributed by atoms with Crippen molar-refractivity contribution in [1.29, 1.82) is 0 Å². The number of halogens is 2. The van der Waals surface area contributed by atoms with Gasteiger partial charge in [0.15, 0.2) is 0 Å². The van der Waals surface area contributed by atoms with Crippen molar-refractivity contribution in [1.82, 2.24) is 0 Å². The maximum Gasteiger partial charge on any atom is 0.232 e. The van der Waals surface area contributed by atoms with Gasteiger partial charge in [-0.15, -0.1) is 0 Å². The number of aliphatic hydroxyl groups excluding tert-OH is 1. The van der Waals surface area contributed by atoms with E-state index >= 15 is 0 Å². The molecule has 0 unspecified atom stereocenters. The maximum atomic E-state index is 13.1. The van der Waals surface area contributed by atoms with Gasteiger partial charge in [0, 0.05) is 6.61 Å². The van der Waals surface area contributed by atoms with Crippen LogP contribution in [-0.2, 0) is 10.0 Å². The van der Waals surface area contributed by atoms with Gasteiger partial charge in [0.25, 0.3) is 0 Å². The minimum absolute atomic E-state index is 0.0393. The van der Waals surface area contributed by atoms with Crippen LogP contribution in [0.1, 0.15) is 12.8 Å². The molecule has 96 valence electrons. The molecule has 0 heterocycles. The highest BCUT2D eigenvalue weighted by molar-refractivity contribution is 9.10. The lowest BCUT2D eigenvalue weighted by atomic mass is 10.3. The SMILES string of the molecule is O=S(=O)(CCCCO)Nc1ccc(Br)c(F)c1. The fourth-order valence-electron chi connectivity index (χ4n) is 1.19. The third-order valence-corrected chi connectivity index (χ3v) is 4.03. The zero-order valence-electron chi connectivity index (χ0n) is 8.99. The van der Waals surface area contributed by atoms with Crippen molar-refractivity contribution in [2.45, 2.75) is 12.8 Å². The van der Waals surface area contributed by atoms with Crippen molar-refractivity contribution in [3.8, 4) is 0 Å². The molecule has 2 N–H and O–H groups in total. The van der Waals surface area contributed by atoms with E-state index in [0.29, 0.717) is 12.8 Å². The van der Waals surface area contributed by atoms with E-state index in [9.17, 15) is 12.8 Å². The molecule has 0 bridgehead atoms. The predicted molar refractivity (Wildman–Crippen MR) is 67.8 cm³/mol. The molecule has 0 saturated carbocycles. The zero-order chi connectivity index (χ0) is 12.9. The molecule has 1 aromatic rings. The standard InChI is InChI=1S/C10H13BrFNO3S/c11-9-4-3-8(7-10(9)12)13-17(15,16)6-2-1-5-14/h3-4,7,13-14H,1-2,5-6H2. The van der Waals surface area contributed by atoms with Gasteiger partial charge < -0.3 is 5.11 Å². The number of hydrogen-bond acceptors (Lipinski definition) is 3. The molecule has 0 aliphatic heterocycles. The summed E-state index contributed by atoms with van der Waals surface area (Å²) < 4.78 is 38.8. The highest BCUT2D eigenvalue weighted by Crippen LogP contribution is 2.20. The molecule has 0 radical (unpaired) electrons. The predicted octanol–water partition coefficient (Wildman–Crippen LogP) is 2.10. The molecule has 17 heavy (non-hydrogen) atoms. The lowest BCUT2D eigenvalue weighted by molar-refractivity contribution is 0.287. The Labute approximate surface area is 108 Å². The quantitative estimate of drug-likeness (QED) is 0.787. The molecular formula is C10H13BrFNO3S. The summed E-state index contributed by atoms with van der Waals surface area (Å²) >= 11 is 2.98. The van der Waals surface area contributed by atoms with Crippen LogP contribution in [0.25, 0.3) is 0 Å². The van der Waals surface area contributed by atoms with Gasteiger partial charge in [0.2, 0.25) is 10.0 Å². The van der Waals surface area contributed by atoms with Crippen molar-refractivity contribution in [2.75, 3.05) is 17.1 Å². The Morgan fingerprint density at radius 2 is 2.06 bits per heavy atom. The number of hydrogen-bond donors (Lipinski definition) is 2. The van der Waals surface area contributed by atoms with Gasteiger partial charge in [0.1, 0.15) is 5.82 Å². The van der Waals surface area contributed by atoms with Crippen LogP contribution in [0, 0.1) is 5.82 Å². The van der Waals surface area contributed by atoms with E-state index in [1.54, 1.807) is 0 Å². The highest BCUT2D eigenvalue weighted by atomic mass is 79.9. The maximum absolute atomic E-state index is 13.1. The third-order valence-electron chi connectivity index (χ3n) is 2.01. The zero-order valence-corrected chi connectivity index (χ0v) is 11.4. The summed E-state index contributed by atoms with van der Waals surface area (Å²) in [4.78, 5) is 0. The molecule has 0 aromatic heterocycles. The van der Waals surface area contributed by atoms with E-state index in [1.807, 2.05) is 0 Å². The summed E-state index contributed by atoms with van der Waals surface area (Å²) in [5.41, 5.74) is 0.190. The van der Waals surface area contributed by atoms with Crippen LogP contribution in [0.5, 0.6) is 0 Å². The van der Waals surface area contributed by atoms with E-state index in [2.05, 4.69) is 20.7 Å². The largest absolute Gasteiger partial charge is 0.396 e. The van der Waals surface area contributed by atoms with Crippen LogP contribution in [0.2, 0.25) is 0 Å². The number of anilines is 1. The van der Waals surface area contributed by atoms with Crippen LogP contribution < -0.4 is 4.72 Å². The minimum Gasteiger partial charge on any atom is -0.396 e. The minimum atomic E-state index is -3.48.